The predicted octanol–water partition coefficient (Wildman–Crippen LogP) is 2.05. The van der Waals surface area contributed by atoms with Crippen molar-refractivity contribution in [2.75, 3.05) is 26.2 Å². The van der Waals surface area contributed by atoms with E-state index in [-0.39, 0.29) is 0 Å². The average Bonchev–Trinajstić information content (AvgIpc) is 2.35. The van der Waals surface area contributed by atoms with Gasteiger partial charge in [0.15, 0.2) is 0 Å². The average molecular weight is 222 g/mol. The molecule has 1 N–H and O–H groups in total. The van der Waals surface area contributed by atoms with Crippen molar-refractivity contribution < 1.29 is 4.84 Å². The van der Waals surface area contributed by atoms with E-state index in [0.717, 1.165) is 26.2 Å². The smallest absolute Gasteiger partial charge is 0.0933 e. The maximum absolute atomic E-state index is 5.38. The normalized spacial score (nSPS) is 10.9. The fraction of sp³-hybridized carbons (Fsp3) is 0.538. The summed E-state index contributed by atoms with van der Waals surface area (Å²) < 4.78 is 0. The lowest BCUT2D eigenvalue weighted by molar-refractivity contribution is 0.0235. The second-order valence-electron chi connectivity index (χ2n) is 3.70. The molecule has 0 fully saturated rings. The zero-order valence-corrected chi connectivity index (χ0v) is 10.3. The fourth-order valence-corrected chi connectivity index (χ4v) is 1.52. The Bertz CT molecular complexity index is 260. The molecule has 3 nitrogen and oxygen atoms in total. The number of nitrogens with one attached hydrogen (secondary N) is 1. The van der Waals surface area contributed by atoms with Crippen LogP contribution in [-0.4, -0.2) is 31.1 Å². The lowest BCUT2D eigenvalue weighted by Crippen LogP contribution is -2.31. The van der Waals surface area contributed by atoms with Crippen molar-refractivity contribution in [2.24, 2.45) is 0 Å². The molecule has 1 aromatic carbocycles. The summed E-state index contributed by atoms with van der Waals surface area (Å²) >= 11 is 0. The van der Waals surface area contributed by atoms with E-state index in [2.05, 4.69) is 36.4 Å². The van der Waals surface area contributed by atoms with E-state index in [9.17, 15) is 0 Å². The second kappa shape index (κ2) is 8.28. The first-order valence-electron chi connectivity index (χ1n) is 5.97. The van der Waals surface area contributed by atoms with Gasteiger partial charge in [-0.2, -0.15) is 0 Å². The van der Waals surface area contributed by atoms with Crippen LogP contribution in [0.25, 0.3) is 0 Å². The number of hydroxylamine groups is 1. The van der Waals surface area contributed by atoms with Gasteiger partial charge in [0.1, 0.15) is 0 Å². The monoisotopic (exact) mass is 222 g/mol. The summed E-state index contributed by atoms with van der Waals surface area (Å²) in [6.07, 6.45) is 0. The fourth-order valence-electron chi connectivity index (χ4n) is 1.52. The largest absolute Gasteiger partial charge is 0.303 e. The molecule has 16 heavy (non-hydrogen) atoms. The molecule has 0 saturated heterocycles. The van der Waals surface area contributed by atoms with Gasteiger partial charge in [0.25, 0.3) is 0 Å². The quantitative estimate of drug-likeness (QED) is 0.538. The van der Waals surface area contributed by atoms with E-state index in [0.29, 0.717) is 6.61 Å². The van der Waals surface area contributed by atoms with Crippen molar-refractivity contribution in [1.29, 1.82) is 0 Å². The van der Waals surface area contributed by atoms with Crippen LogP contribution in [0, 0.1) is 0 Å². The van der Waals surface area contributed by atoms with Gasteiger partial charge in [0, 0.05) is 13.1 Å². The molecular formula is C13H22N2O. The van der Waals surface area contributed by atoms with Crippen LogP contribution in [0.15, 0.2) is 30.3 Å². The van der Waals surface area contributed by atoms with Gasteiger partial charge >= 0.3 is 0 Å². The minimum Gasteiger partial charge on any atom is -0.303 e. The van der Waals surface area contributed by atoms with Gasteiger partial charge in [0.05, 0.1) is 6.61 Å². The molecule has 0 aromatic heterocycles. The summed E-state index contributed by atoms with van der Waals surface area (Å²) in [4.78, 5) is 7.74. The first-order valence-corrected chi connectivity index (χ1v) is 5.97. The molecule has 0 heterocycles. The predicted molar refractivity (Wildman–Crippen MR) is 67.0 cm³/mol. The summed E-state index contributed by atoms with van der Waals surface area (Å²) in [5.41, 5.74) is 4.18. The molecule has 0 bridgehead atoms. The van der Waals surface area contributed by atoms with Crippen molar-refractivity contribution in [3.63, 3.8) is 0 Å². The number of nitrogens with zero attached hydrogens (tertiary/aromatic N) is 1. The lowest BCUT2D eigenvalue weighted by atomic mass is 10.2. The van der Waals surface area contributed by atoms with Crippen LogP contribution in [0.3, 0.4) is 0 Å². The highest BCUT2D eigenvalue weighted by molar-refractivity contribution is 5.13. The summed E-state index contributed by atoms with van der Waals surface area (Å²) in [6.45, 7) is 9.06. The van der Waals surface area contributed by atoms with Crippen LogP contribution in [0.4, 0.5) is 0 Å². The molecule has 1 aromatic rings. The highest BCUT2D eigenvalue weighted by Crippen LogP contribution is 1.98. The molecule has 0 spiro atoms. The molecule has 0 aliphatic heterocycles. The van der Waals surface area contributed by atoms with E-state index in [1.54, 1.807) is 0 Å². The second-order valence-corrected chi connectivity index (χ2v) is 3.70. The van der Waals surface area contributed by atoms with Crippen LogP contribution in [-0.2, 0) is 11.4 Å². The third kappa shape index (κ3) is 5.26. The van der Waals surface area contributed by atoms with Crippen molar-refractivity contribution in [3.8, 4) is 0 Å². The third-order valence-corrected chi connectivity index (χ3v) is 2.61. The van der Waals surface area contributed by atoms with Gasteiger partial charge in [-0.05, 0) is 18.7 Å². The zero-order valence-electron chi connectivity index (χ0n) is 10.3. The van der Waals surface area contributed by atoms with E-state index >= 15 is 0 Å². The maximum atomic E-state index is 5.38. The Kier molecular flexibility index (Phi) is 6.81. The number of benzene rings is 1. The Morgan fingerprint density at radius 1 is 1.12 bits per heavy atom. The first-order chi connectivity index (χ1) is 7.86. The molecule has 0 aliphatic carbocycles. The Labute approximate surface area is 98.4 Å². The molecule has 0 unspecified atom stereocenters. The third-order valence-electron chi connectivity index (χ3n) is 2.61. The zero-order chi connectivity index (χ0) is 11.6. The van der Waals surface area contributed by atoms with Crippen molar-refractivity contribution in [2.45, 2.75) is 20.5 Å². The Balaban J connectivity index is 2.04. The Hall–Kier alpha value is -0.900. The molecule has 0 radical (unpaired) electrons. The van der Waals surface area contributed by atoms with E-state index in [4.69, 9.17) is 4.84 Å². The van der Waals surface area contributed by atoms with Gasteiger partial charge in [-0.15, -0.1) is 0 Å². The van der Waals surface area contributed by atoms with Crippen LogP contribution >= 0.6 is 0 Å². The van der Waals surface area contributed by atoms with Gasteiger partial charge in [-0.1, -0.05) is 44.2 Å². The summed E-state index contributed by atoms with van der Waals surface area (Å²) in [7, 11) is 0. The minimum absolute atomic E-state index is 0.624. The van der Waals surface area contributed by atoms with E-state index in [1.165, 1.54) is 5.56 Å². The summed E-state index contributed by atoms with van der Waals surface area (Å²) in [6, 6.07) is 10.2. The molecule has 0 atom stereocenters. The molecule has 0 aliphatic rings. The summed E-state index contributed by atoms with van der Waals surface area (Å²) in [5.74, 6) is 0. The SMILES string of the molecule is CCN(CC)CCNOCc1ccccc1. The number of likely N-dealkylation sites (N-methyl/N-ethyl adjacent to an activating group) is 1. The van der Waals surface area contributed by atoms with Crippen LogP contribution < -0.4 is 5.48 Å². The maximum Gasteiger partial charge on any atom is 0.0933 e. The number of hydrogen-bond acceptors (Lipinski definition) is 3. The first kappa shape index (κ1) is 13.2. The highest BCUT2D eigenvalue weighted by atomic mass is 16.6. The van der Waals surface area contributed by atoms with Crippen molar-refractivity contribution in [3.05, 3.63) is 35.9 Å². The molecule has 0 amide bonds. The Morgan fingerprint density at radius 3 is 2.44 bits per heavy atom. The van der Waals surface area contributed by atoms with Crippen molar-refractivity contribution >= 4 is 0 Å². The molecule has 90 valence electrons. The van der Waals surface area contributed by atoms with E-state index in [1.807, 2.05) is 18.2 Å². The molecule has 1 rings (SSSR count). The van der Waals surface area contributed by atoms with Crippen molar-refractivity contribution in [1.82, 2.24) is 10.4 Å². The Morgan fingerprint density at radius 2 is 1.81 bits per heavy atom. The summed E-state index contributed by atoms with van der Waals surface area (Å²) in [5, 5.41) is 0. The van der Waals surface area contributed by atoms with Crippen LogP contribution in [0.1, 0.15) is 19.4 Å². The number of rotatable bonds is 8. The van der Waals surface area contributed by atoms with Gasteiger partial charge < -0.3 is 4.90 Å². The standard InChI is InChI=1S/C13H22N2O/c1-3-15(4-2)11-10-14-16-12-13-8-6-5-7-9-13/h5-9,14H,3-4,10-12H2,1-2H3. The van der Waals surface area contributed by atoms with Gasteiger partial charge in [-0.25, -0.2) is 5.48 Å². The van der Waals surface area contributed by atoms with Crippen LogP contribution in [0.5, 0.6) is 0 Å². The van der Waals surface area contributed by atoms with Gasteiger partial charge in [-0.3, -0.25) is 4.84 Å². The van der Waals surface area contributed by atoms with E-state index < -0.39 is 0 Å². The number of hydrogen-bond donors (Lipinski definition) is 1. The topological polar surface area (TPSA) is 24.5 Å². The van der Waals surface area contributed by atoms with Gasteiger partial charge in [0.2, 0.25) is 0 Å². The van der Waals surface area contributed by atoms with Crippen LogP contribution in [0.2, 0.25) is 0 Å². The molecule has 3 heteroatoms. The molecular weight excluding hydrogens is 200 g/mol. The lowest BCUT2D eigenvalue weighted by Gasteiger charge is -2.17. The minimum atomic E-state index is 0.624. The highest BCUT2D eigenvalue weighted by Gasteiger charge is 1.97. The molecule has 0 saturated carbocycles.